The molecule has 0 bridgehead atoms. The summed E-state index contributed by atoms with van der Waals surface area (Å²) in [5.74, 6) is -0.595. The summed E-state index contributed by atoms with van der Waals surface area (Å²) in [5, 5.41) is 0. The van der Waals surface area contributed by atoms with Crippen LogP contribution in [-0.2, 0) is 9.47 Å². The van der Waals surface area contributed by atoms with Crippen LogP contribution in [0, 0.1) is 5.92 Å². The normalized spacial score (nSPS) is 22.7. The highest BCUT2D eigenvalue weighted by molar-refractivity contribution is 5.90. The van der Waals surface area contributed by atoms with Crippen molar-refractivity contribution in [1.29, 1.82) is 0 Å². The van der Waals surface area contributed by atoms with E-state index in [9.17, 15) is 9.59 Å². The van der Waals surface area contributed by atoms with Crippen molar-refractivity contribution in [3.05, 3.63) is 71.8 Å². The second kappa shape index (κ2) is 6.65. The molecule has 2 aromatic carbocycles. The maximum atomic E-state index is 12.1. The van der Waals surface area contributed by atoms with E-state index < -0.39 is 6.10 Å². The molecule has 3 unspecified atom stereocenters. The number of rotatable bonds is 4. The molecule has 3 rings (SSSR count). The van der Waals surface area contributed by atoms with Crippen LogP contribution in [0.25, 0.3) is 0 Å². The Hall–Kier alpha value is -2.62. The van der Waals surface area contributed by atoms with Crippen LogP contribution < -0.4 is 0 Å². The van der Waals surface area contributed by atoms with E-state index in [1.807, 2.05) is 19.1 Å². The summed E-state index contributed by atoms with van der Waals surface area (Å²) < 4.78 is 11.0. The Morgan fingerprint density at radius 2 is 1.30 bits per heavy atom. The first kappa shape index (κ1) is 15.3. The lowest BCUT2D eigenvalue weighted by Gasteiger charge is -2.40. The summed E-state index contributed by atoms with van der Waals surface area (Å²) in [7, 11) is 0. The fourth-order valence-corrected chi connectivity index (χ4v) is 2.66. The number of hydrogen-bond acceptors (Lipinski definition) is 4. The lowest BCUT2D eigenvalue weighted by molar-refractivity contribution is -0.112. The monoisotopic (exact) mass is 310 g/mol. The fourth-order valence-electron chi connectivity index (χ4n) is 2.66. The molecular weight excluding hydrogens is 292 g/mol. The van der Waals surface area contributed by atoms with Crippen molar-refractivity contribution >= 4 is 11.9 Å². The number of carbonyl (C=O) groups is 2. The van der Waals surface area contributed by atoms with E-state index in [1.165, 1.54) is 0 Å². The molecule has 1 saturated carbocycles. The third-order valence-corrected chi connectivity index (χ3v) is 4.05. The van der Waals surface area contributed by atoms with Gasteiger partial charge in [0.05, 0.1) is 11.1 Å². The molecule has 0 saturated heterocycles. The first-order valence-electron chi connectivity index (χ1n) is 7.67. The molecule has 1 aliphatic rings. The van der Waals surface area contributed by atoms with Crippen LogP contribution in [-0.4, -0.2) is 24.1 Å². The van der Waals surface area contributed by atoms with Crippen LogP contribution in [0.1, 0.15) is 34.1 Å². The number of hydrogen-bond donors (Lipinski definition) is 0. The second-order valence-corrected chi connectivity index (χ2v) is 5.76. The maximum absolute atomic E-state index is 12.1. The first-order valence-corrected chi connectivity index (χ1v) is 7.67. The highest BCUT2D eigenvalue weighted by Gasteiger charge is 2.44. The van der Waals surface area contributed by atoms with Gasteiger partial charge in [-0.05, 0) is 30.7 Å². The average Bonchev–Trinajstić information content (AvgIpc) is 2.60. The van der Waals surface area contributed by atoms with Crippen molar-refractivity contribution in [2.75, 3.05) is 0 Å². The number of benzene rings is 2. The highest BCUT2D eigenvalue weighted by atomic mass is 16.6. The molecule has 0 N–H and O–H groups in total. The van der Waals surface area contributed by atoms with Crippen LogP contribution in [0.4, 0.5) is 0 Å². The Labute approximate surface area is 135 Å². The van der Waals surface area contributed by atoms with Gasteiger partial charge in [0.25, 0.3) is 0 Å². The van der Waals surface area contributed by atoms with Gasteiger partial charge in [0.15, 0.2) is 0 Å². The molecule has 2 aromatic rings. The van der Waals surface area contributed by atoms with Gasteiger partial charge in [0, 0.05) is 5.92 Å². The van der Waals surface area contributed by atoms with E-state index in [0.717, 1.165) is 0 Å². The highest BCUT2D eigenvalue weighted by Crippen LogP contribution is 2.34. The minimum absolute atomic E-state index is 0.177. The van der Waals surface area contributed by atoms with Crippen LogP contribution in [0.15, 0.2) is 60.7 Å². The summed E-state index contributed by atoms with van der Waals surface area (Å²) in [6, 6.07) is 17.6. The Balaban J connectivity index is 1.61. The van der Waals surface area contributed by atoms with E-state index >= 15 is 0 Å². The molecule has 0 radical (unpaired) electrons. The van der Waals surface area contributed by atoms with Crippen molar-refractivity contribution in [1.82, 2.24) is 0 Å². The smallest absolute Gasteiger partial charge is 0.338 e. The molecule has 0 aliphatic heterocycles. The third-order valence-electron chi connectivity index (χ3n) is 4.05. The largest absolute Gasteiger partial charge is 0.455 e. The van der Waals surface area contributed by atoms with Gasteiger partial charge < -0.3 is 9.47 Å². The minimum atomic E-state index is -0.393. The van der Waals surface area contributed by atoms with Gasteiger partial charge in [-0.2, -0.15) is 0 Å². The van der Waals surface area contributed by atoms with E-state index in [4.69, 9.17) is 9.47 Å². The number of ether oxygens (including phenoxy) is 2. The summed E-state index contributed by atoms with van der Waals surface area (Å²) >= 11 is 0. The Morgan fingerprint density at radius 3 is 1.78 bits per heavy atom. The minimum Gasteiger partial charge on any atom is -0.455 e. The van der Waals surface area contributed by atoms with Crippen LogP contribution >= 0.6 is 0 Å². The molecule has 0 spiro atoms. The van der Waals surface area contributed by atoms with Crippen LogP contribution in [0.5, 0.6) is 0 Å². The lowest BCUT2D eigenvalue weighted by atomic mass is 9.80. The van der Waals surface area contributed by atoms with Crippen LogP contribution in [0.2, 0.25) is 0 Å². The predicted octanol–water partition coefficient (Wildman–Crippen LogP) is 3.48. The second-order valence-electron chi connectivity index (χ2n) is 5.76. The van der Waals surface area contributed by atoms with Crippen LogP contribution in [0.3, 0.4) is 0 Å². The molecule has 4 heteroatoms. The van der Waals surface area contributed by atoms with Gasteiger partial charge in [-0.1, -0.05) is 43.3 Å². The summed E-state index contributed by atoms with van der Waals surface area (Å²) in [6.45, 7) is 1.98. The third kappa shape index (κ3) is 3.42. The fraction of sp³-hybridized carbons (Fsp3) is 0.263. The van der Waals surface area contributed by atoms with Crippen molar-refractivity contribution < 1.29 is 19.1 Å². The Bertz CT molecular complexity index is 681. The molecular formula is C19H18O4. The molecule has 3 atom stereocenters. The summed E-state index contributed by atoms with van der Waals surface area (Å²) in [5.41, 5.74) is 1.000. The zero-order chi connectivity index (χ0) is 16.2. The predicted molar refractivity (Wildman–Crippen MR) is 85.1 cm³/mol. The van der Waals surface area contributed by atoms with Gasteiger partial charge in [-0.25, -0.2) is 9.59 Å². The molecule has 0 heterocycles. The van der Waals surface area contributed by atoms with E-state index in [2.05, 4.69) is 0 Å². The molecule has 23 heavy (non-hydrogen) atoms. The Kier molecular flexibility index (Phi) is 4.42. The molecule has 1 fully saturated rings. The first-order chi connectivity index (χ1) is 11.1. The van der Waals surface area contributed by atoms with Crippen molar-refractivity contribution in [3.8, 4) is 0 Å². The SMILES string of the molecule is CC1CC(OC(=O)c2ccccc2)C1OC(=O)c1ccccc1. The van der Waals surface area contributed by atoms with Gasteiger partial charge in [-0.3, -0.25) is 0 Å². The quantitative estimate of drug-likeness (QED) is 0.811. The number of esters is 2. The van der Waals surface area contributed by atoms with E-state index in [-0.39, 0.29) is 24.0 Å². The Morgan fingerprint density at radius 1 is 0.826 bits per heavy atom. The van der Waals surface area contributed by atoms with Crippen molar-refractivity contribution in [2.24, 2.45) is 5.92 Å². The molecule has 0 aromatic heterocycles. The zero-order valence-electron chi connectivity index (χ0n) is 12.8. The molecule has 118 valence electrons. The van der Waals surface area contributed by atoms with Crippen molar-refractivity contribution in [3.63, 3.8) is 0 Å². The van der Waals surface area contributed by atoms with E-state index in [1.54, 1.807) is 48.5 Å². The maximum Gasteiger partial charge on any atom is 0.338 e. The van der Waals surface area contributed by atoms with Gasteiger partial charge >= 0.3 is 11.9 Å². The topological polar surface area (TPSA) is 52.6 Å². The number of carbonyl (C=O) groups excluding carboxylic acids is 2. The summed E-state index contributed by atoms with van der Waals surface area (Å²) in [4.78, 5) is 24.2. The van der Waals surface area contributed by atoms with Gasteiger partial charge in [0.1, 0.15) is 12.2 Å². The van der Waals surface area contributed by atoms with Crippen molar-refractivity contribution in [2.45, 2.75) is 25.6 Å². The van der Waals surface area contributed by atoms with Gasteiger partial charge in [0.2, 0.25) is 0 Å². The van der Waals surface area contributed by atoms with Gasteiger partial charge in [-0.15, -0.1) is 0 Å². The molecule has 0 amide bonds. The van der Waals surface area contributed by atoms with E-state index in [0.29, 0.717) is 17.5 Å². The standard InChI is InChI=1S/C19H18O4/c1-13-12-16(22-18(20)14-8-4-2-5-9-14)17(13)23-19(21)15-10-6-3-7-11-15/h2-11,13,16-17H,12H2,1H3. The molecule has 4 nitrogen and oxygen atoms in total. The lowest BCUT2D eigenvalue weighted by Crippen LogP contribution is -2.50. The molecule has 1 aliphatic carbocycles. The zero-order valence-corrected chi connectivity index (χ0v) is 12.8. The summed E-state index contributed by atoms with van der Waals surface area (Å²) in [6.07, 6.45) is -0.0774. The average molecular weight is 310 g/mol.